The summed E-state index contributed by atoms with van der Waals surface area (Å²) in [5.74, 6) is 0.264. The standard InChI is InChI=1S/C35H38O7/c1-24-18-19-25(2)32(30(24)36)42-35-31(37)34(40-22-28-16-10-5-11-17-28)33(39-21-27-14-8-4-9-15-27)29(41-35)23-38-20-26-12-6-3-7-13-26/h3-19,29,31,33-37H,20-23H2,1-2H3/t29-,31-,33-,34-,35+/m1/s1. The van der Waals surface area contributed by atoms with Crippen LogP contribution in [0.4, 0.5) is 0 Å². The Bertz CT molecular complexity index is 1380. The van der Waals surface area contributed by atoms with Crippen LogP contribution in [0.5, 0.6) is 11.5 Å². The Balaban J connectivity index is 1.41. The fourth-order valence-corrected chi connectivity index (χ4v) is 4.95. The summed E-state index contributed by atoms with van der Waals surface area (Å²) in [6.07, 6.45) is -4.49. The van der Waals surface area contributed by atoms with Crippen LogP contribution < -0.4 is 4.74 Å². The third kappa shape index (κ3) is 7.56. The second-order valence-corrected chi connectivity index (χ2v) is 10.6. The number of phenolic OH excluding ortho intramolecular Hbond substituents is 1. The van der Waals surface area contributed by atoms with Gasteiger partial charge in [-0.3, -0.25) is 0 Å². The van der Waals surface area contributed by atoms with E-state index in [-0.39, 0.29) is 24.7 Å². The van der Waals surface area contributed by atoms with Crippen molar-refractivity contribution in [2.45, 2.75) is 64.4 Å². The predicted molar refractivity (Wildman–Crippen MR) is 159 cm³/mol. The molecular formula is C35H38O7. The molecule has 2 N–H and O–H groups in total. The zero-order valence-electron chi connectivity index (χ0n) is 24.0. The van der Waals surface area contributed by atoms with Crippen LogP contribution in [0.1, 0.15) is 27.8 Å². The molecule has 1 aliphatic rings. The molecule has 42 heavy (non-hydrogen) atoms. The first-order valence-electron chi connectivity index (χ1n) is 14.2. The number of hydrogen-bond acceptors (Lipinski definition) is 7. The molecule has 220 valence electrons. The molecule has 1 aliphatic heterocycles. The summed E-state index contributed by atoms with van der Waals surface area (Å²) in [5, 5.41) is 22.4. The number of phenols is 1. The normalized spacial score (nSPS) is 22.1. The molecule has 7 nitrogen and oxygen atoms in total. The second kappa shape index (κ2) is 14.4. The van der Waals surface area contributed by atoms with Crippen LogP contribution in [-0.4, -0.2) is 47.5 Å². The van der Waals surface area contributed by atoms with Crippen molar-refractivity contribution in [2.75, 3.05) is 6.61 Å². The molecule has 4 aromatic rings. The number of aliphatic hydroxyl groups is 1. The number of aliphatic hydroxyl groups excluding tert-OH is 1. The van der Waals surface area contributed by atoms with Crippen LogP contribution in [0.15, 0.2) is 103 Å². The molecule has 0 aliphatic carbocycles. The lowest BCUT2D eigenvalue weighted by Gasteiger charge is -2.44. The molecule has 0 aromatic heterocycles. The van der Waals surface area contributed by atoms with E-state index in [1.807, 2.05) is 110 Å². The summed E-state index contributed by atoms with van der Waals surface area (Å²) in [7, 11) is 0. The summed E-state index contributed by atoms with van der Waals surface area (Å²) in [6.45, 7) is 4.73. The molecule has 5 atom stereocenters. The van der Waals surface area contributed by atoms with Gasteiger partial charge in [-0.05, 0) is 41.7 Å². The van der Waals surface area contributed by atoms with Gasteiger partial charge in [0.1, 0.15) is 24.4 Å². The highest BCUT2D eigenvalue weighted by atomic mass is 16.7. The van der Waals surface area contributed by atoms with Gasteiger partial charge in [-0.25, -0.2) is 0 Å². The maximum Gasteiger partial charge on any atom is 0.229 e. The molecular weight excluding hydrogens is 532 g/mol. The minimum Gasteiger partial charge on any atom is -0.504 e. The first kappa shape index (κ1) is 29.8. The lowest BCUT2D eigenvalue weighted by Crippen LogP contribution is -2.61. The van der Waals surface area contributed by atoms with Crippen LogP contribution in [0.2, 0.25) is 0 Å². The summed E-state index contributed by atoms with van der Waals surface area (Å²) in [6, 6.07) is 33.1. The smallest absolute Gasteiger partial charge is 0.229 e. The lowest BCUT2D eigenvalue weighted by molar-refractivity contribution is -0.299. The number of hydrogen-bond donors (Lipinski definition) is 2. The second-order valence-electron chi connectivity index (χ2n) is 10.6. The number of benzene rings is 4. The average Bonchev–Trinajstić information content (AvgIpc) is 3.02. The molecule has 0 radical (unpaired) electrons. The van der Waals surface area contributed by atoms with Gasteiger partial charge in [0, 0.05) is 0 Å². The van der Waals surface area contributed by atoms with Crippen LogP contribution in [0, 0.1) is 13.8 Å². The summed E-state index contributed by atoms with van der Waals surface area (Å²) >= 11 is 0. The Morgan fingerprint density at radius 1 is 0.643 bits per heavy atom. The quantitative estimate of drug-likeness (QED) is 0.221. The van der Waals surface area contributed by atoms with Crippen molar-refractivity contribution in [1.29, 1.82) is 0 Å². The van der Waals surface area contributed by atoms with Crippen molar-refractivity contribution in [1.82, 2.24) is 0 Å². The maximum absolute atomic E-state index is 11.6. The van der Waals surface area contributed by atoms with Gasteiger partial charge in [0.25, 0.3) is 0 Å². The molecule has 0 amide bonds. The van der Waals surface area contributed by atoms with E-state index in [4.69, 9.17) is 23.7 Å². The van der Waals surface area contributed by atoms with E-state index >= 15 is 0 Å². The summed E-state index contributed by atoms with van der Waals surface area (Å²) < 4.78 is 31.5. The van der Waals surface area contributed by atoms with E-state index in [1.54, 1.807) is 6.92 Å². The molecule has 1 saturated heterocycles. The first-order valence-corrected chi connectivity index (χ1v) is 14.2. The number of aryl methyl sites for hydroxylation is 2. The van der Waals surface area contributed by atoms with E-state index in [9.17, 15) is 10.2 Å². The minimum absolute atomic E-state index is 0.00637. The highest BCUT2D eigenvalue weighted by Crippen LogP contribution is 2.37. The van der Waals surface area contributed by atoms with Crippen molar-refractivity contribution >= 4 is 0 Å². The predicted octanol–water partition coefficient (Wildman–Crippen LogP) is 5.86. The topological polar surface area (TPSA) is 86.6 Å². The lowest BCUT2D eigenvalue weighted by atomic mass is 9.98. The van der Waals surface area contributed by atoms with Gasteiger partial charge in [0.05, 0.1) is 26.4 Å². The van der Waals surface area contributed by atoms with E-state index < -0.39 is 30.7 Å². The molecule has 4 aromatic carbocycles. The highest BCUT2D eigenvalue weighted by molar-refractivity contribution is 5.50. The molecule has 0 unspecified atom stereocenters. The molecule has 5 rings (SSSR count). The van der Waals surface area contributed by atoms with Gasteiger partial charge < -0.3 is 33.9 Å². The molecule has 1 heterocycles. The Labute approximate surface area is 247 Å². The van der Waals surface area contributed by atoms with E-state index in [2.05, 4.69) is 0 Å². The van der Waals surface area contributed by atoms with E-state index in [1.165, 1.54) is 0 Å². The SMILES string of the molecule is Cc1ccc(C)c(O[C@@H]2O[C@H](COCc3ccccc3)[C@@H](OCc3ccccc3)[C@H](OCc3ccccc3)[C@H]2O)c1O. The number of ether oxygens (including phenoxy) is 5. The van der Waals surface area contributed by atoms with Crippen molar-refractivity contribution < 1.29 is 33.9 Å². The molecule has 0 saturated carbocycles. The van der Waals surface area contributed by atoms with Gasteiger partial charge in [-0.1, -0.05) is 103 Å². The zero-order valence-corrected chi connectivity index (χ0v) is 24.0. The van der Waals surface area contributed by atoms with Gasteiger partial charge >= 0.3 is 0 Å². The van der Waals surface area contributed by atoms with Gasteiger partial charge in [-0.2, -0.15) is 0 Å². The Kier molecular flexibility index (Phi) is 10.2. The fourth-order valence-electron chi connectivity index (χ4n) is 4.95. The first-order chi connectivity index (χ1) is 20.5. The third-order valence-electron chi connectivity index (χ3n) is 7.34. The fraction of sp³-hybridized carbons (Fsp3) is 0.314. The van der Waals surface area contributed by atoms with Crippen LogP contribution in [-0.2, 0) is 38.8 Å². The summed E-state index contributed by atoms with van der Waals surface area (Å²) in [4.78, 5) is 0. The molecule has 7 heteroatoms. The highest BCUT2D eigenvalue weighted by Gasteiger charge is 2.48. The van der Waals surface area contributed by atoms with Crippen molar-refractivity contribution in [3.8, 4) is 11.5 Å². The van der Waals surface area contributed by atoms with Crippen LogP contribution in [0.25, 0.3) is 0 Å². The van der Waals surface area contributed by atoms with E-state index in [0.717, 1.165) is 22.3 Å². The molecule has 0 bridgehead atoms. The minimum atomic E-state index is -1.22. The van der Waals surface area contributed by atoms with E-state index in [0.29, 0.717) is 18.8 Å². The Morgan fingerprint density at radius 3 is 1.71 bits per heavy atom. The Hall–Kier alpha value is -3.72. The number of aromatic hydroxyl groups is 1. The third-order valence-corrected chi connectivity index (χ3v) is 7.34. The van der Waals surface area contributed by atoms with Crippen LogP contribution >= 0.6 is 0 Å². The zero-order chi connectivity index (χ0) is 29.3. The van der Waals surface area contributed by atoms with Gasteiger partial charge in [-0.15, -0.1) is 0 Å². The van der Waals surface area contributed by atoms with Crippen molar-refractivity contribution in [3.63, 3.8) is 0 Å². The molecule has 0 spiro atoms. The monoisotopic (exact) mass is 570 g/mol. The van der Waals surface area contributed by atoms with Gasteiger partial charge in [0.15, 0.2) is 11.5 Å². The van der Waals surface area contributed by atoms with Crippen molar-refractivity contribution in [3.05, 3.63) is 131 Å². The summed E-state index contributed by atoms with van der Waals surface area (Å²) in [5.41, 5.74) is 4.34. The average molecular weight is 571 g/mol. The van der Waals surface area contributed by atoms with Crippen molar-refractivity contribution in [2.24, 2.45) is 0 Å². The molecule has 1 fully saturated rings. The number of rotatable bonds is 12. The Morgan fingerprint density at radius 2 is 1.14 bits per heavy atom. The maximum atomic E-state index is 11.6. The van der Waals surface area contributed by atoms with Crippen LogP contribution in [0.3, 0.4) is 0 Å². The van der Waals surface area contributed by atoms with Gasteiger partial charge in [0.2, 0.25) is 6.29 Å². The largest absolute Gasteiger partial charge is 0.504 e.